The second-order valence-corrected chi connectivity index (χ2v) is 5.37. The Bertz CT molecular complexity index is 504. The van der Waals surface area contributed by atoms with E-state index in [2.05, 4.69) is 11.8 Å². The van der Waals surface area contributed by atoms with Crippen LogP contribution < -0.4 is 0 Å². The Morgan fingerprint density at radius 3 is 2.55 bits per heavy atom. The Kier molecular flexibility index (Phi) is 5.20. The molecule has 0 spiro atoms. The highest BCUT2D eigenvalue weighted by molar-refractivity contribution is 5.94. The van der Waals surface area contributed by atoms with Gasteiger partial charge in [-0.2, -0.15) is 0 Å². The highest BCUT2D eigenvalue weighted by atomic mass is 16.2. The molecule has 106 valence electrons. The highest BCUT2D eigenvalue weighted by Crippen LogP contribution is 2.25. The number of benzene rings is 1. The van der Waals surface area contributed by atoms with Crippen LogP contribution in [0, 0.1) is 17.8 Å². The van der Waals surface area contributed by atoms with Crippen LogP contribution in [0.5, 0.6) is 0 Å². The minimum atomic E-state index is -0.148. The van der Waals surface area contributed by atoms with Gasteiger partial charge in [-0.25, -0.2) is 0 Å². The molecule has 1 aliphatic carbocycles. The van der Waals surface area contributed by atoms with Crippen LogP contribution in [0.3, 0.4) is 0 Å². The van der Waals surface area contributed by atoms with E-state index < -0.39 is 0 Å². The summed E-state index contributed by atoms with van der Waals surface area (Å²) in [4.78, 5) is 14.1. The summed E-state index contributed by atoms with van der Waals surface area (Å²) in [6.45, 7) is 0.704. The van der Waals surface area contributed by atoms with Gasteiger partial charge < -0.3 is 10.0 Å². The number of carbonyl (C=O) groups excluding carboxylic acids is 1. The molecule has 1 fully saturated rings. The van der Waals surface area contributed by atoms with Crippen LogP contribution in [-0.4, -0.2) is 36.1 Å². The average Bonchev–Trinajstić information content (AvgIpc) is 2.97. The maximum Gasteiger partial charge on any atom is 0.253 e. The Morgan fingerprint density at radius 2 is 1.95 bits per heavy atom. The van der Waals surface area contributed by atoms with Gasteiger partial charge >= 0.3 is 0 Å². The van der Waals surface area contributed by atoms with Crippen molar-refractivity contribution in [2.75, 3.05) is 20.2 Å². The smallest absolute Gasteiger partial charge is 0.253 e. The first-order valence-electron chi connectivity index (χ1n) is 7.16. The SMILES string of the molecule is CN(CC1CCCC1)C(=O)c1ccc(C#CCO)cc1. The normalized spacial score (nSPS) is 14.7. The number of aliphatic hydroxyl groups excluding tert-OH is 1. The Labute approximate surface area is 120 Å². The molecule has 20 heavy (non-hydrogen) atoms. The van der Waals surface area contributed by atoms with Crippen molar-refractivity contribution in [3.8, 4) is 11.8 Å². The van der Waals surface area contributed by atoms with Crippen LogP contribution in [-0.2, 0) is 0 Å². The van der Waals surface area contributed by atoms with E-state index in [9.17, 15) is 4.79 Å². The van der Waals surface area contributed by atoms with Crippen molar-refractivity contribution in [2.45, 2.75) is 25.7 Å². The molecule has 0 heterocycles. The minimum absolute atomic E-state index is 0.0681. The van der Waals surface area contributed by atoms with Crippen LogP contribution in [0.1, 0.15) is 41.6 Å². The summed E-state index contributed by atoms with van der Waals surface area (Å²) in [5, 5.41) is 8.64. The number of aliphatic hydroxyl groups is 1. The molecule has 0 radical (unpaired) electrons. The number of amides is 1. The van der Waals surface area contributed by atoms with Gasteiger partial charge in [-0.3, -0.25) is 4.79 Å². The lowest BCUT2D eigenvalue weighted by Gasteiger charge is -2.21. The Hall–Kier alpha value is -1.79. The number of carbonyl (C=O) groups is 1. The summed E-state index contributed by atoms with van der Waals surface area (Å²) in [6.07, 6.45) is 5.08. The van der Waals surface area contributed by atoms with E-state index in [4.69, 9.17) is 5.11 Å². The molecule has 1 saturated carbocycles. The fourth-order valence-corrected chi connectivity index (χ4v) is 2.72. The third-order valence-electron chi connectivity index (χ3n) is 3.80. The number of rotatable bonds is 3. The van der Waals surface area contributed by atoms with Crippen molar-refractivity contribution >= 4 is 5.91 Å². The molecule has 1 aromatic carbocycles. The van der Waals surface area contributed by atoms with E-state index >= 15 is 0 Å². The first kappa shape index (κ1) is 14.6. The molecule has 0 saturated heterocycles. The maximum atomic E-state index is 12.3. The molecule has 2 rings (SSSR count). The van der Waals surface area contributed by atoms with Gasteiger partial charge in [0.1, 0.15) is 6.61 Å². The largest absolute Gasteiger partial charge is 0.384 e. The van der Waals surface area contributed by atoms with Gasteiger partial charge in [-0.05, 0) is 43.0 Å². The summed E-state index contributed by atoms with van der Waals surface area (Å²) in [5.41, 5.74) is 1.51. The van der Waals surface area contributed by atoms with E-state index in [1.165, 1.54) is 25.7 Å². The standard InChI is InChI=1S/C17H21NO2/c1-18(13-15-5-2-3-6-15)17(20)16-10-8-14(9-11-16)7-4-12-19/h8-11,15,19H,2-3,5-6,12-13H2,1H3. The van der Waals surface area contributed by atoms with E-state index in [1.807, 2.05) is 24.1 Å². The van der Waals surface area contributed by atoms with Crippen molar-refractivity contribution < 1.29 is 9.90 Å². The average molecular weight is 271 g/mol. The van der Waals surface area contributed by atoms with Crippen LogP contribution in [0.15, 0.2) is 24.3 Å². The van der Waals surface area contributed by atoms with Crippen LogP contribution >= 0.6 is 0 Å². The van der Waals surface area contributed by atoms with Crippen LogP contribution in [0.2, 0.25) is 0 Å². The maximum absolute atomic E-state index is 12.3. The summed E-state index contributed by atoms with van der Waals surface area (Å²) in [5.74, 6) is 6.15. The van der Waals surface area contributed by atoms with Crippen molar-refractivity contribution in [1.29, 1.82) is 0 Å². The van der Waals surface area contributed by atoms with Crippen molar-refractivity contribution in [3.63, 3.8) is 0 Å². The molecule has 3 nitrogen and oxygen atoms in total. The zero-order chi connectivity index (χ0) is 14.4. The fourth-order valence-electron chi connectivity index (χ4n) is 2.72. The predicted octanol–water partition coefficient (Wildman–Crippen LogP) is 2.29. The minimum Gasteiger partial charge on any atom is -0.384 e. The molecule has 0 aromatic heterocycles. The molecule has 1 aliphatic rings. The number of nitrogens with zero attached hydrogens (tertiary/aromatic N) is 1. The lowest BCUT2D eigenvalue weighted by Crippen LogP contribution is -2.31. The van der Waals surface area contributed by atoms with Gasteiger partial charge in [0.05, 0.1) is 0 Å². The third kappa shape index (κ3) is 3.85. The number of hydrogen-bond acceptors (Lipinski definition) is 2. The fraction of sp³-hybridized carbons (Fsp3) is 0.471. The van der Waals surface area contributed by atoms with Crippen molar-refractivity contribution in [2.24, 2.45) is 5.92 Å². The molecule has 1 N–H and O–H groups in total. The molecule has 3 heteroatoms. The third-order valence-corrected chi connectivity index (χ3v) is 3.80. The predicted molar refractivity (Wildman–Crippen MR) is 79.3 cm³/mol. The Morgan fingerprint density at radius 1 is 1.30 bits per heavy atom. The zero-order valence-corrected chi connectivity index (χ0v) is 11.9. The van der Waals surface area contributed by atoms with Gasteiger partial charge in [0.15, 0.2) is 0 Å². The van der Waals surface area contributed by atoms with E-state index in [-0.39, 0.29) is 12.5 Å². The molecule has 1 amide bonds. The first-order valence-corrected chi connectivity index (χ1v) is 7.16. The lowest BCUT2D eigenvalue weighted by molar-refractivity contribution is 0.0773. The van der Waals surface area contributed by atoms with Gasteiger partial charge in [-0.15, -0.1) is 0 Å². The second-order valence-electron chi connectivity index (χ2n) is 5.37. The molecule has 1 aromatic rings. The van der Waals surface area contributed by atoms with Gasteiger partial charge in [0.25, 0.3) is 5.91 Å². The van der Waals surface area contributed by atoms with Crippen molar-refractivity contribution in [3.05, 3.63) is 35.4 Å². The molecular formula is C17H21NO2. The molecule has 0 unspecified atom stereocenters. The van der Waals surface area contributed by atoms with E-state index in [0.717, 1.165) is 12.1 Å². The molecule has 0 aliphatic heterocycles. The van der Waals surface area contributed by atoms with Gasteiger partial charge in [0, 0.05) is 24.7 Å². The lowest BCUT2D eigenvalue weighted by atomic mass is 10.1. The number of hydrogen-bond donors (Lipinski definition) is 1. The van der Waals surface area contributed by atoms with Gasteiger partial charge in [0.2, 0.25) is 0 Å². The van der Waals surface area contributed by atoms with E-state index in [1.54, 1.807) is 12.1 Å². The van der Waals surface area contributed by atoms with E-state index in [0.29, 0.717) is 11.5 Å². The first-order chi connectivity index (χ1) is 9.70. The van der Waals surface area contributed by atoms with Gasteiger partial charge in [-0.1, -0.05) is 24.7 Å². The van der Waals surface area contributed by atoms with Crippen LogP contribution in [0.25, 0.3) is 0 Å². The molecule has 0 bridgehead atoms. The summed E-state index contributed by atoms with van der Waals surface area (Å²) in [6, 6.07) is 7.24. The summed E-state index contributed by atoms with van der Waals surface area (Å²) >= 11 is 0. The monoisotopic (exact) mass is 271 g/mol. The highest BCUT2D eigenvalue weighted by Gasteiger charge is 2.20. The Balaban J connectivity index is 1.97. The molecular weight excluding hydrogens is 250 g/mol. The van der Waals surface area contributed by atoms with Crippen LogP contribution in [0.4, 0.5) is 0 Å². The quantitative estimate of drug-likeness (QED) is 0.857. The zero-order valence-electron chi connectivity index (χ0n) is 11.9. The van der Waals surface area contributed by atoms with Crippen molar-refractivity contribution in [1.82, 2.24) is 4.90 Å². The summed E-state index contributed by atoms with van der Waals surface area (Å²) < 4.78 is 0. The second kappa shape index (κ2) is 7.12. The topological polar surface area (TPSA) is 40.5 Å². The summed E-state index contributed by atoms with van der Waals surface area (Å²) in [7, 11) is 1.88. The molecule has 0 atom stereocenters.